The molecule has 11 heteroatoms. The Kier molecular flexibility index (Phi) is 7.08. The van der Waals surface area contributed by atoms with Crippen LogP contribution in [0.25, 0.3) is 0 Å². The van der Waals surface area contributed by atoms with Gasteiger partial charge in [0, 0.05) is 43.2 Å². The lowest BCUT2D eigenvalue weighted by atomic mass is 9.80. The highest BCUT2D eigenvalue weighted by molar-refractivity contribution is 7.89. The van der Waals surface area contributed by atoms with Gasteiger partial charge in [-0.25, -0.2) is 17.1 Å². The summed E-state index contributed by atoms with van der Waals surface area (Å²) in [5, 5.41) is 1.87. The van der Waals surface area contributed by atoms with Gasteiger partial charge in [-0.05, 0) is 78.8 Å². The van der Waals surface area contributed by atoms with E-state index in [1.165, 1.54) is 12.1 Å². The van der Waals surface area contributed by atoms with Crippen LogP contribution in [0.4, 0.5) is 23.2 Å². The predicted molar refractivity (Wildman–Crippen MR) is 136 cm³/mol. The summed E-state index contributed by atoms with van der Waals surface area (Å²) in [5.41, 5.74) is 8.87. The van der Waals surface area contributed by atoms with Crippen LogP contribution in [0.3, 0.4) is 0 Å². The topological polar surface area (TPSA) is 65.5 Å². The van der Waals surface area contributed by atoms with Gasteiger partial charge >= 0.3 is 6.18 Å². The maximum atomic E-state index is 13.4. The second kappa shape index (κ2) is 10.2. The number of aromatic nitrogens is 1. The molecular weight excluding hydrogens is 520 g/mol. The third-order valence-electron chi connectivity index (χ3n) is 7.35. The van der Waals surface area contributed by atoms with E-state index >= 15 is 0 Å². The van der Waals surface area contributed by atoms with Gasteiger partial charge in [-0.15, -0.1) is 0 Å². The molecule has 5 rings (SSSR count). The fourth-order valence-electron chi connectivity index (χ4n) is 5.60. The molecule has 0 radical (unpaired) electrons. The molecule has 0 fully saturated rings. The van der Waals surface area contributed by atoms with E-state index in [9.17, 15) is 26.0 Å². The van der Waals surface area contributed by atoms with Crippen LogP contribution in [0.5, 0.6) is 0 Å². The number of nitrogens with one attached hydrogen (secondary N) is 1. The molecule has 0 saturated heterocycles. The molecule has 0 amide bonds. The van der Waals surface area contributed by atoms with Crippen LogP contribution in [-0.4, -0.2) is 42.7 Å². The number of alkyl halides is 3. The lowest BCUT2D eigenvalue weighted by Gasteiger charge is -2.32. The largest absolute Gasteiger partial charge is 0.404 e. The summed E-state index contributed by atoms with van der Waals surface area (Å²) in [5.74, 6) is -2.46. The SMILES string of the molecule is C[C@H]1C2=CNN(c3ccc(F)cc3)C2=CC2=C1[C@@H](CN(CCc1ccncc1)S(=O)(=O)CC(F)(F)F)CC2. The van der Waals surface area contributed by atoms with Crippen LogP contribution in [0.15, 0.2) is 83.5 Å². The minimum atomic E-state index is -4.83. The summed E-state index contributed by atoms with van der Waals surface area (Å²) in [6, 6.07) is 9.59. The minimum absolute atomic E-state index is 0.00176. The van der Waals surface area contributed by atoms with Crippen LogP contribution in [0, 0.1) is 17.7 Å². The number of hydrogen-bond acceptors (Lipinski definition) is 5. The monoisotopic (exact) mass is 548 g/mol. The van der Waals surface area contributed by atoms with Gasteiger partial charge in [0.2, 0.25) is 10.0 Å². The molecule has 202 valence electrons. The van der Waals surface area contributed by atoms with Gasteiger partial charge in [0.05, 0.1) is 11.4 Å². The number of benzene rings is 1. The van der Waals surface area contributed by atoms with Crippen molar-refractivity contribution in [3.05, 3.63) is 94.9 Å². The maximum Gasteiger partial charge on any atom is 0.404 e. The van der Waals surface area contributed by atoms with E-state index in [-0.39, 0.29) is 30.7 Å². The zero-order valence-corrected chi connectivity index (χ0v) is 21.6. The second-order valence-electron chi connectivity index (χ2n) is 9.84. The molecule has 2 atom stereocenters. The number of allylic oxidation sites excluding steroid dienone is 3. The molecule has 38 heavy (non-hydrogen) atoms. The highest BCUT2D eigenvalue weighted by atomic mass is 32.2. The quantitative estimate of drug-likeness (QED) is 0.465. The van der Waals surface area contributed by atoms with Crippen molar-refractivity contribution in [2.24, 2.45) is 11.8 Å². The number of anilines is 1. The molecule has 0 bridgehead atoms. The number of hydrogen-bond donors (Lipinski definition) is 1. The van der Waals surface area contributed by atoms with Crippen LogP contribution in [-0.2, 0) is 16.4 Å². The van der Waals surface area contributed by atoms with Crippen molar-refractivity contribution >= 4 is 15.7 Å². The van der Waals surface area contributed by atoms with Crippen molar-refractivity contribution < 1.29 is 26.0 Å². The molecule has 2 aromatic rings. The zero-order chi connectivity index (χ0) is 27.1. The van der Waals surface area contributed by atoms with Crippen LogP contribution >= 0.6 is 0 Å². The van der Waals surface area contributed by atoms with E-state index in [2.05, 4.69) is 16.5 Å². The number of pyridine rings is 1. The summed E-state index contributed by atoms with van der Waals surface area (Å²) in [7, 11) is -4.57. The molecule has 0 unspecified atom stereocenters. The van der Waals surface area contributed by atoms with E-state index in [1.54, 1.807) is 36.7 Å². The Balaban J connectivity index is 1.40. The smallest absolute Gasteiger partial charge is 0.301 e. The van der Waals surface area contributed by atoms with Crippen molar-refractivity contribution in [3.8, 4) is 0 Å². The molecule has 3 aliphatic rings. The first-order valence-electron chi connectivity index (χ1n) is 12.4. The van der Waals surface area contributed by atoms with Gasteiger partial charge in [-0.2, -0.15) is 13.2 Å². The second-order valence-corrected chi connectivity index (χ2v) is 11.8. The third kappa shape index (κ3) is 5.49. The highest BCUT2D eigenvalue weighted by Crippen LogP contribution is 2.48. The maximum absolute atomic E-state index is 13.4. The number of rotatable bonds is 8. The third-order valence-corrected chi connectivity index (χ3v) is 9.16. The molecule has 1 aromatic carbocycles. The first kappa shape index (κ1) is 26.4. The van der Waals surface area contributed by atoms with Crippen LogP contribution in [0.1, 0.15) is 25.3 Å². The molecule has 2 aliphatic carbocycles. The van der Waals surface area contributed by atoms with Crippen molar-refractivity contribution in [3.63, 3.8) is 0 Å². The average molecular weight is 549 g/mol. The molecule has 0 saturated carbocycles. The molecular formula is C27H28F4N4O2S. The van der Waals surface area contributed by atoms with Crippen molar-refractivity contribution in [2.75, 3.05) is 23.9 Å². The Bertz CT molecular complexity index is 1390. The predicted octanol–water partition coefficient (Wildman–Crippen LogP) is 5.11. The molecule has 1 aliphatic heterocycles. The number of hydrazine groups is 1. The Labute approximate surface area is 219 Å². The van der Waals surface area contributed by atoms with Gasteiger partial charge < -0.3 is 5.43 Å². The first-order chi connectivity index (χ1) is 18.0. The lowest BCUT2D eigenvalue weighted by Crippen LogP contribution is -2.42. The Morgan fingerprint density at radius 2 is 1.84 bits per heavy atom. The summed E-state index contributed by atoms with van der Waals surface area (Å²) in [4.78, 5) is 3.94. The fraction of sp³-hybridized carbons (Fsp3) is 0.370. The van der Waals surface area contributed by atoms with E-state index in [1.807, 2.05) is 18.1 Å². The number of halogens is 4. The van der Waals surface area contributed by atoms with E-state index in [0.29, 0.717) is 19.3 Å². The molecule has 2 heterocycles. The highest BCUT2D eigenvalue weighted by Gasteiger charge is 2.42. The van der Waals surface area contributed by atoms with E-state index < -0.39 is 22.0 Å². The van der Waals surface area contributed by atoms with Gasteiger partial charge in [0.1, 0.15) is 5.82 Å². The molecule has 1 aromatic heterocycles. The molecule has 0 spiro atoms. The molecule has 6 nitrogen and oxygen atoms in total. The fourth-order valence-corrected chi connectivity index (χ4v) is 6.97. The normalized spacial score (nSPS) is 21.3. The van der Waals surface area contributed by atoms with Gasteiger partial charge in [-0.3, -0.25) is 9.99 Å². The Morgan fingerprint density at radius 3 is 2.53 bits per heavy atom. The van der Waals surface area contributed by atoms with Crippen LogP contribution in [0.2, 0.25) is 0 Å². The van der Waals surface area contributed by atoms with Crippen LogP contribution < -0.4 is 10.4 Å². The van der Waals surface area contributed by atoms with Crippen molar-refractivity contribution in [1.29, 1.82) is 0 Å². The zero-order valence-electron chi connectivity index (χ0n) is 20.7. The van der Waals surface area contributed by atoms with E-state index in [0.717, 1.165) is 38.0 Å². The summed E-state index contributed by atoms with van der Waals surface area (Å²) in [6.07, 6.45) is 3.90. The number of sulfonamides is 1. The van der Waals surface area contributed by atoms with Gasteiger partial charge in [0.25, 0.3) is 0 Å². The average Bonchev–Trinajstić information content (AvgIpc) is 3.46. The first-order valence-corrected chi connectivity index (χ1v) is 14.0. The minimum Gasteiger partial charge on any atom is -0.301 e. The van der Waals surface area contributed by atoms with Crippen molar-refractivity contribution in [2.45, 2.75) is 32.4 Å². The summed E-state index contributed by atoms with van der Waals surface area (Å²) in [6.45, 7) is 1.99. The lowest BCUT2D eigenvalue weighted by molar-refractivity contribution is -0.107. The molecule has 1 N–H and O–H groups in total. The summed E-state index contributed by atoms with van der Waals surface area (Å²) >= 11 is 0. The van der Waals surface area contributed by atoms with Crippen molar-refractivity contribution in [1.82, 2.24) is 14.7 Å². The Hall–Kier alpha value is -3.18. The summed E-state index contributed by atoms with van der Waals surface area (Å²) < 4.78 is 79.9. The number of nitrogens with zero attached hydrogens (tertiary/aromatic N) is 3. The number of fused-ring (bicyclic) bond motifs is 1. The standard InChI is InChI=1S/C27H28F4N4O2S/c1-18-24-15-33-35(23-6-4-22(28)5-7-23)25(24)14-20-2-3-21(26(18)20)16-34(38(36,37)17-27(29,30)31)13-10-19-8-11-32-12-9-19/h4-9,11-12,14-15,18,21,33H,2-3,10,13,16-17H2,1H3/t18-,21+/m0/s1. The Morgan fingerprint density at radius 1 is 1.13 bits per heavy atom. The van der Waals surface area contributed by atoms with Gasteiger partial charge in [-0.1, -0.05) is 12.5 Å². The van der Waals surface area contributed by atoms with Gasteiger partial charge in [0.15, 0.2) is 5.75 Å². The van der Waals surface area contributed by atoms with E-state index in [4.69, 9.17) is 0 Å².